The molecule has 1 heterocycles. The molecule has 1 aromatic carbocycles. The van der Waals surface area contributed by atoms with Crippen molar-refractivity contribution in [1.82, 2.24) is 9.88 Å². The zero-order valence-electron chi connectivity index (χ0n) is 11.6. The highest BCUT2D eigenvalue weighted by atomic mass is 16.4. The van der Waals surface area contributed by atoms with Gasteiger partial charge in [0.05, 0.1) is 0 Å². The topological polar surface area (TPSA) is 56.3 Å². The molecule has 0 radical (unpaired) electrons. The Kier molecular flexibility index (Phi) is 3.90. The average Bonchev–Trinajstić information content (AvgIpc) is 2.65. The molecule has 0 saturated carbocycles. The third-order valence-electron chi connectivity index (χ3n) is 3.60. The minimum atomic E-state index is -0.762. The summed E-state index contributed by atoms with van der Waals surface area (Å²) in [6.07, 6.45) is 1.38. The number of rotatable bonds is 5. The van der Waals surface area contributed by atoms with Gasteiger partial charge in [0.1, 0.15) is 6.04 Å². The number of aromatic nitrogens is 1. The summed E-state index contributed by atoms with van der Waals surface area (Å²) in [5.74, 6) is -0.762. The van der Waals surface area contributed by atoms with Gasteiger partial charge in [-0.25, -0.2) is 0 Å². The van der Waals surface area contributed by atoms with Gasteiger partial charge in [-0.1, -0.05) is 18.2 Å². The van der Waals surface area contributed by atoms with Crippen LogP contribution in [0, 0.1) is 6.92 Å². The van der Waals surface area contributed by atoms with Crippen LogP contribution in [0.2, 0.25) is 0 Å². The smallest absolute Gasteiger partial charge is 0.320 e. The summed E-state index contributed by atoms with van der Waals surface area (Å²) >= 11 is 0. The van der Waals surface area contributed by atoms with Crippen LogP contribution in [0.25, 0.3) is 10.9 Å². The molecule has 0 aliphatic heterocycles. The molecule has 0 amide bonds. The Hall–Kier alpha value is -1.81. The summed E-state index contributed by atoms with van der Waals surface area (Å²) in [4.78, 5) is 16.3. The predicted molar refractivity (Wildman–Crippen MR) is 76.5 cm³/mol. The number of aromatic amines is 1. The van der Waals surface area contributed by atoms with E-state index < -0.39 is 12.0 Å². The largest absolute Gasteiger partial charge is 0.480 e. The predicted octanol–water partition coefficient (Wildman–Crippen LogP) is 2.42. The number of carbonyl (C=O) groups is 1. The minimum absolute atomic E-state index is 0.437. The second-order valence-electron chi connectivity index (χ2n) is 5.13. The van der Waals surface area contributed by atoms with E-state index in [-0.39, 0.29) is 0 Å². The molecule has 4 heteroatoms. The Balaban J connectivity index is 2.22. The number of para-hydroxylation sites is 1. The molecule has 0 bridgehead atoms. The number of hydrogen-bond acceptors (Lipinski definition) is 2. The number of carboxylic acids is 1. The minimum Gasteiger partial charge on any atom is -0.480 e. The summed E-state index contributed by atoms with van der Waals surface area (Å²) in [6.45, 7) is 2.04. The molecule has 19 heavy (non-hydrogen) atoms. The van der Waals surface area contributed by atoms with Crippen molar-refractivity contribution in [3.63, 3.8) is 0 Å². The first-order valence-electron chi connectivity index (χ1n) is 6.46. The Labute approximate surface area is 113 Å². The fourth-order valence-electron chi connectivity index (χ4n) is 2.54. The molecule has 0 fully saturated rings. The van der Waals surface area contributed by atoms with Crippen LogP contribution in [0.4, 0.5) is 0 Å². The van der Waals surface area contributed by atoms with Crippen molar-refractivity contribution >= 4 is 16.9 Å². The molecular formula is C15H20N2O2. The first kappa shape index (κ1) is 13.6. The molecule has 102 valence electrons. The lowest BCUT2D eigenvalue weighted by atomic mass is 10.0. The SMILES string of the molecule is Cc1[nH]c2ccccc2c1CCC(C(=O)O)N(C)C. The number of aryl methyl sites for hydroxylation is 2. The van der Waals surface area contributed by atoms with Crippen molar-refractivity contribution in [1.29, 1.82) is 0 Å². The van der Waals surface area contributed by atoms with Crippen LogP contribution in [0.15, 0.2) is 24.3 Å². The van der Waals surface area contributed by atoms with Gasteiger partial charge in [-0.3, -0.25) is 9.69 Å². The monoisotopic (exact) mass is 260 g/mol. The standard InChI is InChI=1S/C15H20N2O2/c1-10-11(8-9-14(15(18)19)17(2)3)12-6-4-5-7-13(12)16-10/h4-7,14,16H,8-9H2,1-3H3,(H,18,19). The Bertz CT molecular complexity index is 587. The summed E-state index contributed by atoms with van der Waals surface area (Å²) in [7, 11) is 3.61. The van der Waals surface area contributed by atoms with E-state index >= 15 is 0 Å². The van der Waals surface area contributed by atoms with Crippen molar-refractivity contribution in [2.45, 2.75) is 25.8 Å². The van der Waals surface area contributed by atoms with Crippen LogP contribution in [0.1, 0.15) is 17.7 Å². The van der Waals surface area contributed by atoms with E-state index in [1.54, 1.807) is 19.0 Å². The van der Waals surface area contributed by atoms with Gasteiger partial charge >= 0.3 is 5.97 Å². The van der Waals surface area contributed by atoms with Gasteiger partial charge in [0.2, 0.25) is 0 Å². The van der Waals surface area contributed by atoms with E-state index in [1.165, 1.54) is 10.9 Å². The lowest BCUT2D eigenvalue weighted by Gasteiger charge is -2.19. The molecule has 0 aliphatic carbocycles. The fourth-order valence-corrected chi connectivity index (χ4v) is 2.54. The highest BCUT2D eigenvalue weighted by Crippen LogP contribution is 2.23. The molecule has 1 unspecified atom stereocenters. The number of H-pyrrole nitrogens is 1. The van der Waals surface area contributed by atoms with Crippen LogP contribution in [-0.2, 0) is 11.2 Å². The van der Waals surface area contributed by atoms with Crippen molar-refractivity contribution in [3.8, 4) is 0 Å². The second-order valence-corrected chi connectivity index (χ2v) is 5.13. The Morgan fingerprint density at radius 1 is 1.37 bits per heavy atom. The molecule has 4 nitrogen and oxygen atoms in total. The third-order valence-corrected chi connectivity index (χ3v) is 3.60. The number of fused-ring (bicyclic) bond motifs is 1. The van der Waals surface area contributed by atoms with Crippen molar-refractivity contribution < 1.29 is 9.90 Å². The Morgan fingerprint density at radius 2 is 2.05 bits per heavy atom. The lowest BCUT2D eigenvalue weighted by Crippen LogP contribution is -2.36. The van der Waals surface area contributed by atoms with E-state index in [9.17, 15) is 9.90 Å². The van der Waals surface area contributed by atoms with E-state index in [0.717, 1.165) is 17.6 Å². The summed E-state index contributed by atoms with van der Waals surface area (Å²) < 4.78 is 0. The van der Waals surface area contributed by atoms with Gasteiger partial charge in [0, 0.05) is 16.6 Å². The van der Waals surface area contributed by atoms with Gasteiger partial charge in [-0.2, -0.15) is 0 Å². The summed E-state index contributed by atoms with van der Waals surface area (Å²) in [5, 5.41) is 10.4. The zero-order chi connectivity index (χ0) is 14.0. The first-order valence-corrected chi connectivity index (χ1v) is 6.46. The highest BCUT2D eigenvalue weighted by Gasteiger charge is 2.20. The van der Waals surface area contributed by atoms with Crippen LogP contribution >= 0.6 is 0 Å². The van der Waals surface area contributed by atoms with E-state index in [2.05, 4.69) is 11.1 Å². The molecule has 0 aliphatic rings. The van der Waals surface area contributed by atoms with Crippen molar-refractivity contribution in [2.24, 2.45) is 0 Å². The van der Waals surface area contributed by atoms with Crippen LogP contribution < -0.4 is 0 Å². The molecule has 2 aromatic rings. The van der Waals surface area contributed by atoms with E-state index in [1.807, 2.05) is 25.1 Å². The highest BCUT2D eigenvalue weighted by molar-refractivity contribution is 5.84. The molecule has 0 spiro atoms. The number of hydrogen-bond donors (Lipinski definition) is 2. The molecule has 1 aromatic heterocycles. The molecular weight excluding hydrogens is 240 g/mol. The fraction of sp³-hybridized carbons (Fsp3) is 0.400. The number of carboxylic acid groups (broad SMARTS) is 1. The molecule has 0 saturated heterocycles. The van der Waals surface area contributed by atoms with Crippen molar-refractivity contribution in [3.05, 3.63) is 35.5 Å². The zero-order valence-corrected chi connectivity index (χ0v) is 11.6. The molecule has 1 atom stereocenters. The van der Waals surface area contributed by atoms with Gasteiger partial charge in [0.25, 0.3) is 0 Å². The normalized spacial score (nSPS) is 13.1. The lowest BCUT2D eigenvalue weighted by molar-refractivity contribution is -0.142. The van der Waals surface area contributed by atoms with E-state index in [4.69, 9.17) is 0 Å². The maximum absolute atomic E-state index is 11.2. The van der Waals surface area contributed by atoms with Crippen molar-refractivity contribution in [2.75, 3.05) is 14.1 Å². The molecule has 2 N–H and O–H groups in total. The maximum Gasteiger partial charge on any atom is 0.320 e. The van der Waals surface area contributed by atoms with Gasteiger partial charge in [-0.05, 0) is 45.5 Å². The van der Waals surface area contributed by atoms with Gasteiger partial charge < -0.3 is 10.1 Å². The van der Waals surface area contributed by atoms with Crippen LogP contribution in [-0.4, -0.2) is 41.1 Å². The van der Waals surface area contributed by atoms with Gasteiger partial charge in [0.15, 0.2) is 0 Å². The number of likely N-dealkylation sites (N-methyl/N-ethyl adjacent to an activating group) is 1. The maximum atomic E-state index is 11.2. The number of nitrogens with one attached hydrogen (secondary N) is 1. The number of nitrogens with zero attached hydrogens (tertiary/aromatic N) is 1. The van der Waals surface area contributed by atoms with E-state index in [0.29, 0.717) is 6.42 Å². The Morgan fingerprint density at radius 3 is 2.68 bits per heavy atom. The van der Waals surface area contributed by atoms with Gasteiger partial charge in [-0.15, -0.1) is 0 Å². The molecule has 2 rings (SSSR count). The summed E-state index contributed by atoms with van der Waals surface area (Å²) in [5.41, 5.74) is 3.47. The van der Waals surface area contributed by atoms with Crippen LogP contribution in [0.5, 0.6) is 0 Å². The number of benzene rings is 1. The second kappa shape index (κ2) is 5.45. The summed E-state index contributed by atoms with van der Waals surface area (Å²) in [6, 6.07) is 7.71. The average molecular weight is 260 g/mol. The quantitative estimate of drug-likeness (QED) is 0.868. The first-order chi connectivity index (χ1) is 9.00. The number of aliphatic carboxylic acids is 1. The van der Waals surface area contributed by atoms with Crippen LogP contribution in [0.3, 0.4) is 0 Å². The third kappa shape index (κ3) is 2.79.